The Hall–Kier alpha value is -0.900. The SMILES string of the molecule is CCCCCCCCCCOc1ccc(NC(=O)c2c(Br)c(Br)c(Br)c(Br)c2C(=O)O)cc1. The number of rotatable bonds is 13. The minimum Gasteiger partial charge on any atom is -0.494 e. The molecule has 0 atom stereocenters. The van der Waals surface area contributed by atoms with E-state index in [4.69, 9.17) is 4.74 Å². The third-order valence-electron chi connectivity index (χ3n) is 5.09. The second kappa shape index (κ2) is 14.5. The highest BCUT2D eigenvalue weighted by Crippen LogP contribution is 2.42. The molecule has 0 heterocycles. The predicted octanol–water partition coefficient (Wildman–Crippen LogP) is 9.21. The molecule has 0 unspecified atom stereocenters. The van der Waals surface area contributed by atoms with E-state index in [9.17, 15) is 14.7 Å². The number of amides is 1. The lowest BCUT2D eigenvalue weighted by Crippen LogP contribution is -2.18. The van der Waals surface area contributed by atoms with Gasteiger partial charge in [-0.05, 0) is 94.4 Å². The van der Waals surface area contributed by atoms with E-state index in [1.54, 1.807) is 24.3 Å². The fourth-order valence-electron chi connectivity index (χ4n) is 3.30. The summed E-state index contributed by atoms with van der Waals surface area (Å²) < 4.78 is 7.45. The zero-order valence-electron chi connectivity index (χ0n) is 18.4. The second-order valence-corrected chi connectivity index (χ2v) is 10.8. The van der Waals surface area contributed by atoms with Gasteiger partial charge in [0.2, 0.25) is 0 Å². The van der Waals surface area contributed by atoms with Crippen molar-refractivity contribution >= 4 is 81.3 Å². The number of anilines is 1. The van der Waals surface area contributed by atoms with Crippen molar-refractivity contribution in [1.82, 2.24) is 0 Å². The van der Waals surface area contributed by atoms with Gasteiger partial charge in [-0.2, -0.15) is 0 Å². The lowest BCUT2D eigenvalue weighted by molar-refractivity contribution is 0.0691. The highest BCUT2D eigenvalue weighted by Gasteiger charge is 2.27. The summed E-state index contributed by atoms with van der Waals surface area (Å²) >= 11 is 13.3. The first-order chi connectivity index (χ1) is 15.8. The van der Waals surface area contributed by atoms with Crippen LogP contribution in [0.2, 0.25) is 0 Å². The number of nitrogens with one attached hydrogen (secondary N) is 1. The second-order valence-electron chi connectivity index (χ2n) is 7.61. The van der Waals surface area contributed by atoms with E-state index in [2.05, 4.69) is 76.0 Å². The number of ether oxygens (including phenoxy) is 1. The average Bonchev–Trinajstić information content (AvgIpc) is 2.79. The van der Waals surface area contributed by atoms with Crippen LogP contribution in [0.3, 0.4) is 0 Å². The molecule has 2 aromatic carbocycles. The fraction of sp³-hybridized carbons (Fsp3) is 0.417. The van der Waals surface area contributed by atoms with Gasteiger partial charge in [0.25, 0.3) is 5.91 Å². The van der Waals surface area contributed by atoms with Gasteiger partial charge in [0.15, 0.2) is 0 Å². The van der Waals surface area contributed by atoms with E-state index < -0.39 is 11.9 Å². The lowest BCUT2D eigenvalue weighted by atomic mass is 10.1. The predicted molar refractivity (Wildman–Crippen MR) is 147 cm³/mol. The van der Waals surface area contributed by atoms with E-state index in [1.165, 1.54) is 44.9 Å². The van der Waals surface area contributed by atoms with Crippen molar-refractivity contribution in [2.45, 2.75) is 58.3 Å². The third kappa shape index (κ3) is 8.37. The number of halogens is 4. The van der Waals surface area contributed by atoms with Gasteiger partial charge in [-0.1, -0.05) is 51.9 Å². The van der Waals surface area contributed by atoms with Crippen LogP contribution in [0.25, 0.3) is 0 Å². The molecule has 0 fully saturated rings. The Morgan fingerprint density at radius 3 is 1.85 bits per heavy atom. The molecule has 9 heteroatoms. The van der Waals surface area contributed by atoms with Crippen LogP contribution in [0.15, 0.2) is 42.2 Å². The summed E-state index contributed by atoms with van der Waals surface area (Å²) in [6, 6.07) is 7.05. The summed E-state index contributed by atoms with van der Waals surface area (Å²) in [5.74, 6) is -1.02. The Morgan fingerprint density at radius 1 is 0.788 bits per heavy atom. The van der Waals surface area contributed by atoms with Gasteiger partial charge in [0.1, 0.15) is 5.75 Å². The summed E-state index contributed by atoms with van der Waals surface area (Å²) in [6.07, 6.45) is 9.98. The Kier molecular flexibility index (Phi) is 12.4. The number of unbranched alkanes of at least 4 members (excludes halogenated alkanes) is 7. The quantitative estimate of drug-likeness (QED) is 0.123. The molecule has 0 spiro atoms. The van der Waals surface area contributed by atoms with Crippen molar-refractivity contribution in [3.63, 3.8) is 0 Å². The minimum atomic E-state index is -1.22. The number of carboxylic acids is 1. The molecule has 0 aliphatic heterocycles. The van der Waals surface area contributed by atoms with Crippen molar-refractivity contribution in [1.29, 1.82) is 0 Å². The summed E-state index contributed by atoms with van der Waals surface area (Å²) in [6.45, 7) is 2.89. The molecular formula is C24H27Br4NO4. The number of carbonyl (C=O) groups is 2. The average molecular weight is 713 g/mol. The molecule has 2 N–H and O–H groups in total. The maximum atomic E-state index is 12.9. The van der Waals surface area contributed by atoms with Gasteiger partial charge in [-0.25, -0.2) is 4.79 Å². The molecule has 2 rings (SSSR count). The van der Waals surface area contributed by atoms with Crippen molar-refractivity contribution in [3.05, 3.63) is 53.3 Å². The first-order valence-corrected chi connectivity index (χ1v) is 14.1. The van der Waals surface area contributed by atoms with Crippen molar-refractivity contribution in [3.8, 4) is 5.75 Å². The number of carboxylic acid groups (broad SMARTS) is 1. The van der Waals surface area contributed by atoms with E-state index in [0.717, 1.165) is 12.2 Å². The summed E-state index contributed by atoms with van der Waals surface area (Å²) in [4.78, 5) is 24.7. The molecular weight excluding hydrogens is 686 g/mol. The first kappa shape index (κ1) is 28.3. The van der Waals surface area contributed by atoms with Crippen molar-refractivity contribution < 1.29 is 19.4 Å². The smallest absolute Gasteiger partial charge is 0.337 e. The Morgan fingerprint density at radius 2 is 1.30 bits per heavy atom. The molecule has 0 radical (unpaired) electrons. The molecule has 5 nitrogen and oxygen atoms in total. The van der Waals surface area contributed by atoms with Crippen LogP contribution >= 0.6 is 63.7 Å². The largest absolute Gasteiger partial charge is 0.494 e. The highest BCUT2D eigenvalue weighted by atomic mass is 79.9. The standard InChI is InChI=1S/C24H27Br4NO4/c1-2-3-4-5-6-7-8-9-14-33-16-12-10-15(11-13-16)29-23(30)17-18(24(31)32)20(26)22(28)21(27)19(17)25/h10-13H,2-9,14H2,1H3,(H,29,30)(H,31,32). The van der Waals surface area contributed by atoms with Crippen LogP contribution in [0.1, 0.15) is 79.0 Å². The highest BCUT2D eigenvalue weighted by molar-refractivity contribution is 9.15. The molecule has 180 valence electrons. The van der Waals surface area contributed by atoms with Crippen LogP contribution in [-0.2, 0) is 0 Å². The summed E-state index contributed by atoms with van der Waals surface area (Å²) in [7, 11) is 0. The Labute approximate surface area is 228 Å². The van der Waals surface area contributed by atoms with Crippen LogP contribution in [0.4, 0.5) is 5.69 Å². The summed E-state index contributed by atoms with van der Waals surface area (Å²) in [5.41, 5.74) is 0.414. The fourth-order valence-corrected chi connectivity index (χ4v) is 5.77. The number of aromatic carboxylic acids is 1. The number of hydrogen-bond donors (Lipinski definition) is 2. The Bertz CT molecular complexity index is 964. The minimum absolute atomic E-state index is 0.0134. The lowest BCUT2D eigenvalue weighted by Gasteiger charge is -2.15. The maximum Gasteiger partial charge on any atom is 0.337 e. The summed E-state index contributed by atoms with van der Waals surface area (Å²) in [5, 5.41) is 12.4. The van der Waals surface area contributed by atoms with Crippen LogP contribution in [0, 0.1) is 0 Å². The zero-order valence-corrected chi connectivity index (χ0v) is 24.7. The van der Waals surface area contributed by atoms with Crippen LogP contribution in [0.5, 0.6) is 5.75 Å². The van der Waals surface area contributed by atoms with Gasteiger partial charge in [0, 0.05) is 23.6 Å². The van der Waals surface area contributed by atoms with Gasteiger partial charge >= 0.3 is 5.97 Å². The number of carbonyl (C=O) groups excluding carboxylic acids is 1. The molecule has 0 bridgehead atoms. The van der Waals surface area contributed by atoms with Crippen LogP contribution in [-0.4, -0.2) is 23.6 Å². The van der Waals surface area contributed by atoms with E-state index in [0.29, 0.717) is 25.7 Å². The molecule has 0 saturated carbocycles. The third-order valence-corrected chi connectivity index (χ3v) is 9.86. The zero-order chi connectivity index (χ0) is 24.4. The maximum absolute atomic E-state index is 12.9. The molecule has 0 aromatic heterocycles. The topological polar surface area (TPSA) is 75.6 Å². The van der Waals surface area contributed by atoms with E-state index in [1.807, 2.05) is 0 Å². The number of hydrogen-bond acceptors (Lipinski definition) is 3. The normalized spacial score (nSPS) is 10.8. The Balaban J connectivity index is 1.92. The first-order valence-electron chi connectivity index (χ1n) is 10.9. The van der Waals surface area contributed by atoms with E-state index in [-0.39, 0.29) is 15.6 Å². The van der Waals surface area contributed by atoms with Gasteiger partial charge in [0.05, 0.1) is 17.7 Å². The monoisotopic (exact) mass is 709 g/mol. The molecule has 0 aliphatic carbocycles. The van der Waals surface area contributed by atoms with Gasteiger partial charge < -0.3 is 15.2 Å². The van der Waals surface area contributed by atoms with E-state index >= 15 is 0 Å². The molecule has 33 heavy (non-hydrogen) atoms. The van der Waals surface area contributed by atoms with Crippen molar-refractivity contribution in [2.75, 3.05) is 11.9 Å². The van der Waals surface area contributed by atoms with Crippen molar-refractivity contribution in [2.24, 2.45) is 0 Å². The van der Waals surface area contributed by atoms with Gasteiger partial charge in [-0.15, -0.1) is 0 Å². The van der Waals surface area contributed by atoms with Crippen LogP contribution < -0.4 is 10.1 Å². The number of benzene rings is 2. The molecule has 0 aliphatic rings. The van der Waals surface area contributed by atoms with Gasteiger partial charge in [-0.3, -0.25) is 4.79 Å². The molecule has 0 saturated heterocycles. The molecule has 1 amide bonds. The molecule has 2 aromatic rings.